The predicted molar refractivity (Wildman–Crippen MR) is 221 cm³/mol. The number of hydrogen-bond acceptors (Lipinski definition) is 9. The molecule has 12 heteroatoms. The normalized spacial score (nSPS) is 14.4. The second-order valence-electron chi connectivity index (χ2n) is 13.7. The van der Waals surface area contributed by atoms with Crippen molar-refractivity contribution < 1.29 is 47.5 Å². The van der Waals surface area contributed by atoms with Crippen molar-refractivity contribution in [1.29, 1.82) is 0 Å². The van der Waals surface area contributed by atoms with E-state index in [1.807, 2.05) is 12.2 Å². The van der Waals surface area contributed by atoms with Crippen LogP contribution in [0.3, 0.4) is 0 Å². The quantitative estimate of drug-likeness (QED) is 0.0235. The number of nitrogens with two attached hydrogens (primary N) is 1. The molecule has 0 aliphatic rings. The largest absolute Gasteiger partial charge is 0.480 e. The monoisotopic (exact) mass is 796 g/mol. The predicted octanol–water partition coefficient (Wildman–Crippen LogP) is 10.8. The van der Waals surface area contributed by atoms with Gasteiger partial charge in [-0.2, -0.15) is 0 Å². The molecule has 0 spiro atoms. The molecule has 11 nitrogen and oxygen atoms in total. The maximum Gasteiger partial charge on any atom is 0.472 e. The molecule has 0 aromatic carbocycles. The summed E-state index contributed by atoms with van der Waals surface area (Å²) in [6, 6.07) is -1.53. The average molecular weight is 796 g/mol. The molecule has 0 saturated heterocycles. The Morgan fingerprint density at radius 3 is 1.51 bits per heavy atom. The zero-order chi connectivity index (χ0) is 40.7. The van der Waals surface area contributed by atoms with Gasteiger partial charge in [0.05, 0.1) is 13.2 Å². The van der Waals surface area contributed by atoms with E-state index in [1.165, 1.54) is 64.2 Å². The first-order chi connectivity index (χ1) is 26.6. The van der Waals surface area contributed by atoms with Crippen molar-refractivity contribution in [1.82, 2.24) is 0 Å². The number of rotatable bonds is 38. The van der Waals surface area contributed by atoms with Gasteiger partial charge < -0.3 is 25.2 Å². The van der Waals surface area contributed by atoms with E-state index in [2.05, 4.69) is 67.0 Å². The lowest BCUT2D eigenvalue weighted by molar-refractivity contribution is -0.161. The molecule has 0 heterocycles. The summed E-state index contributed by atoms with van der Waals surface area (Å²) < 4.78 is 32.6. The van der Waals surface area contributed by atoms with Crippen molar-refractivity contribution in [3.63, 3.8) is 0 Å². The number of hydrogen-bond donors (Lipinski definition) is 3. The first-order valence-corrected chi connectivity index (χ1v) is 22.3. The maximum absolute atomic E-state index is 12.6. The summed E-state index contributed by atoms with van der Waals surface area (Å²) in [7, 11) is -4.73. The van der Waals surface area contributed by atoms with E-state index in [1.54, 1.807) is 0 Å². The van der Waals surface area contributed by atoms with Crippen LogP contribution in [0.15, 0.2) is 60.8 Å². The zero-order valence-electron chi connectivity index (χ0n) is 34.0. The van der Waals surface area contributed by atoms with Gasteiger partial charge in [0.2, 0.25) is 0 Å². The third-order valence-electron chi connectivity index (χ3n) is 8.53. The number of allylic oxidation sites excluding steroid dienone is 10. The number of esters is 2. The minimum atomic E-state index is -4.73. The Bertz CT molecular complexity index is 1170. The van der Waals surface area contributed by atoms with Crippen molar-refractivity contribution in [3.8, 4) is 0 Å². The molecule has 0 saturated carbocycles. The molecule has 0 fully saturated rings. The smallest absolute Gasteiger partial charge is 0.472 e. The highest BCUT2D eigenvalue weighted by Gasteiger charge is 2.28. The van der Waals surface area contributed by atoms with Crippen molar-refractivity contribution in [2.45, 2.75) is 174 Å². The molecule has 55 heavy (non-hydrogen) atoms. The summed E-state index contributed by atoms with van der Waals surface area (Å²) in [5.74, 6) is -2.46. The molecule has 0 aliphatic carbocycles. The highest BCUT2D eigenvalue weighted by molar-refractivity contribution is 7.47. The van der Waals surface area contributed by atoms with Crippen LogP contribution in [0.2, 0.25) is 0 Å². The molecule has 0 amide bonds. The minimum absolute atomic E-state index is 0.0819. The van der Waals surface area contributed by atoms with E-state index < -0.39 is 51.1 Å². The number of phosphoric acid groups is 1. The van der Waals surface area contributed by atoms with Crippen LogP contribution in [-0.4, -0.2) is 59.9 Å². The minimum Gasteiger partial charge on any atom is -0.480 e. The van der Waals surface area contributed by atoms with Gasteiger partial charge in [-0.25, -0.2) is 4.57 Å². The number of phosphoric ester groups is 1. The van der Waals surface area contributed by atoms with Crippen LogP contribution in [0.25, 0.3) is 0 Å². The molecule has 0 aliphatic heterocycles. The lowest BCUT2D eigenvalue weighted by Crippen LogP contribution is -2.34. The summed E-state index contributed by atoms with van der Waals surface area (Å²) in [6.07, 6.45) is 42.9. The molecule has 4 N–H and O–H groups in total. The Morgan fingerprint density at radius 1 is 0.582 bits per heavy atom. The third-order valence-corrected chi connectivity index (χ3v) is 9.48. The van der Waals surface area contributed by atoms with Gasteiger partial charge in [-0.1, -0.05) is 158 Å². The van der Waals surface area contributed by atoms with Crippen LogP contribution in [0.5, 0.6) is 0 Å². The number of ether oxygens (including phenoxy) is 2. The van der Waals surface area contributed by atoms with Crippen molar-refractivity contribution in [3.05, 3.63) is 60.8 Å². The Balaban J connectivity index is 4.50. The van der Waals surface area contributed by atoms with Crippen molar-refractivity contribution in [2.24, 2.45) is 5.73 Å². The molecule has 0 rings (SSSR count). The van der Waals surface area contributed by atoms with Gasteiger partial charge in [0, 0.05) is 12.8 Å². The second-order valence-corrected chi connectivity index (χ2v) is 15.2. The first-order valence-electron chi connectivity index (χ1n) is 20.8. The van der Waals surface area contributed by atoms with Gasteiger partial charge in [0.15, 0.2) is 6.10 Å². The summed E-state index contributed by atoms with van der Waals surface area (Å²) in [4.78, 5) is 45.9. The Morgan fingerprint density at radius 2 is 1.02 bits per heavy atom. The van der Waals surface area contributed by atoms with Crippen molar-refractivity contribution in [2.75, 3.05) is 19.8 Å². The van der Waals surface area contributed by atoms with Crippen molar-refractivity contribution >= 4 is 25.7 Å². The highest BCUT2D eigenvalue weighted by Crippen LogP contribution is 2.43. The average Bonchev–Trinajstić information content (AvgIpc) is 3.16. The van der Waals surface area contributed by atoms with Crippen LogP contribution < -0.4 is 5.73 Å². The SMILES string of the molecule is CC/C=C/C/C=C/C/C=C/C/C=C/C/C=C/CCCC(=O)O[C@H](COC(=O)CCCCCCCCCCCCCCCC)COP(=O)(O)OC[C@H](N)C(=O)O. The number of unbranched alkanes of at least 4 members (excludes halogenated alkanes) is 14. The maximum atomic E-state index is 12.6. The molecule has 3 atom stereocenters. The third kappa shape index (κ3) is 37.9. The van der Waals surface area contributed by atoms with Crippen LogP contribution in [0.1, 0.15) is 162 Å². The Hall–Kier alpha value is -2.82. The zero-order valence-corrected chi connectivity index (χ0v) is 34.9. The van der Waals surface area contributed by atoms with Crippen LogP contribution in [0.4, 0.5) is 0 Å². The van der Waals surface area contributed by atoms with Gasteiger partial charge in [0.25, 0.3) is 0 Å². The Kier molecular flexibility index (Phi) is 36.1. The van der Waals surface area contributed by atoms with E-state index in [0.29, 0.717) is 19.3 Å². The first kappa shape index (κ1) is 52.2. The highest BCUT2D eigenvalue weighted by atomic mass is 31.2. The van der Waals surface area contributed by atoms with E-state index in [0.717, 1.165) is 51.4 Å². The van der Waals surface area contributed by atoms with Gasteiger partial charge in [0.1, 0.15) is 12.6 Å². The van der Waals surface area contributed by atoms with Gasteiger partial charge in [-0.3, -0.25) is 23.4 Å². The van der Waals surface area contributed by atoms with E-state index in [4.69, 9.17) is 24.8 Å². The van der Waals surface area contributed by atoms with Crippen LogP contribution in [-0.2, 0) is 37.5 Å². The number of carbonyl (C=O) groups excluding carboxylic acids is 2. The molecule has 0 aromatic rings. The van der Waals surface area contributed by atoms with E-state index >= 15 is 0 Å². The summed E-state index contributed by atoms with van der Waals surface area (Å²) in [6.45, 7) is 2.62. The van der Waals surface area contributed by atoms with Crippen LogP contribution >= 0.6 is 7.82 Å². The molecule has 0 bridgehead atoms. The fraction of sp³-hybridized carbons (Fsp3) is 0.698. The summed E-state index contributed by atoms with van der Waals surface area (Å²) >= 11 is 0. The summed E-state index contributed by atoms with van der Waals surface area (Å²) in [5, 5.41) is 8.88. The lowest BCUT2D eigenvalue weighted by Gasteiger charge is -2.20. The molecule has 0 radical (unpaired) electrons. The number of aliphatic carboxylic acids is 1. The molecule has 316 valence electrons. The number of carbonyl (C=O) groups is 3. The molecular formula is C43H74NO10P. The number of carboxylic acid groups (broad SMARTS) is 1. The second kappa shape index (κ2) is 38.1. The number of carboxylic acids is 1. The standard InChI is InChI=1S/C43H74NO10P/c1-3-5-7-9-11-13-15-17-19-20-21-23-25-27-29-31-33-35-42(46)54-39(37-52-55(49,50)53-38-40(44)43(47)48)36-51-41(45)34-32-30-28-26-24-22-18-16-14-12-10-8-6-4-2/h5,7,11,13,17,19,21,23,27,29,39-40H,3-4,6,8-10,12,14-16,18,20,22,24-26,28,30-38,44H2,1-2H3,(H,47,48)(H,49,50)/b7-5+,13-11+,19-17+,23-21+,29-27+/t39-,40+/m1/s1. The van der Waals surface area contributed by atoms with Crippen LogP contribution in [0, 0.1) is 0 Å². The van der Waals surface area contributed by atoms with Gasteiger partial charge in [-0.05, 0) is 51.4 Å². The van der Waals surface area contributed by atoms with Gasteiger partial charge >= 0.3 is 25.7 Å². The molecular weight excluding hydrogens is 721 g/mol. The topological polar surface area (TPSA) is 172 Å². The molecule has 0 aromatic heterocycles. The van der Waals surface area contributed by atoms with E-state index in [-0.39, 0.29) is 19.4 Å². The fourth-order valence-electron chi connectivity index (χ4n) is 5.28. The van der Waals surface area contributed by atoms with E-state index in [9.17, 15) is 23.8 Å². The lowest BCUT2D eigenvalue weighted by atomic mass is 10.0. The fourth-order valence-corrected chi connectivity index (χ4v) is 6.05. The summed E-state index contributed by atoms with van der Waals surface area (Å²) in [5.41, 5.74) is 5.32. The van der Waals surface area contributed by atoms with Gasteiger partial charge in [-0.15, -0.1) is 0 Å². The molecule has 1 unspecified atom stereocenters. The Labute approximate surface area is 332 Å².